The summed E-state index contributed by atoms with van der Waals surface area (Å²) in [5, 5.41) is 0. The van der Waals surface area contributed by atoms with Gasteiger partial charge >= 0.3 is 6.18 Å². The van der Waals surface area contributed by atoms with Crippen LogP contribution in [0.3, 0.4) is 0 Å². The molecule has 0 aromatic carbocycles. The van der Waals surface area contributed by atoms with Gasteiger partial charge in [-0.3, -0.25) is 9.97 Å². The predicted octanol–water partition coefficient (Wildman–Crippen LogP) is 5.67. The Balaban J connectivity index is 0.000000427. The van der Waals surface area contributed by atoms with Crippen molar-refractivity contribution in [3.63, 3.8) is 0 Å². The molecule has 2 nitrogen and oxygen atoms in total. The molecule has 0 atom stereocenters. The maximum Gasteiger partial charge on any atom is 0.416 e. The van der Waals surface area contributed by atoms with Crippen molar-refractivity contribution >= 4 is 0 Å². The molecule has 0 bridgehead atoms. The van der Waals surface area contributed by atoms with Crippen LogP contribution in [0, 0.1) is 41.5 Å². The minimum Gasteiger partial charge on any atom is -0.261 e. The molecule has 0 radical (unpaired) electrons. The second-order valence-electron chi connectivity index (χ2n) is 5.36. The molecular weight excluding hydrogens is 301 g/mol. The van der Waals surface area contributed by atoms with Gasteiger partial charge in [-0.15, -0.1) is 0 Å². The molecule has 0 aliphatic rings. The van der Waals surface area contributed by atoms with E-state index >= 15 is 0 Å². The third kappa shape index (κ3) is 5.66. The number of hydrogen-bond donors (Lipinski definition) is 0. The third-order valence-electron chi connectivity index (χ3n) is 3.68. The molecule has 0 fully saturated rings. The Morgan fingerprint density at radius 1 is 0.870 bits per heavy atom. The minimum absolute atomic E-state index is 0. The van der Waals surface area contributed by atoms with Crippen LogP contribution in [0.4, 0.5) is 13.2 Å². The maximum absolute atomic E-state index is 12.4. The van der Waals surface area contributed by atoms with Gasteiger partial charge in [0.25, 0.3) is 0 Å². The van der Waals surface area contributed by atoms with Crippen molar-refractivity contribution in [2.75, 3.05) is 0 Å². The van der Waals surface area contributed by atoms with Crippen LogP contribution in [0.2, 0.25) is 0 Å². The number of halogens is 3. The van der Waals surface area contributed by atoms with E-state index in [2.05, 4.69) is 23.8 Å². The van der Waals surface area contributed by atoms with Gasteiger partial charge < -0.3 is 0 Å². The molecule has 0 saturated carbocycles. The summed E-state index contributed by atoms with van der Waals surface area (Å²) in [6, 6.07) is 3.10. The Morgan fingerprint density at radius 2 is 1.43 bits per heavy atom. The molecule has 0 saturated heterocycles. The summed E-state index contributed by atoms with van der Waals surface area (Å²) < 4.78 is 37.1. The average Bonchev–Trinajstić information content (AvgIpc) is 2.39. The van der Waals surface area contributed by atoms with Crippen molar-refractivity contribution in [2.45, 2.75) is 55.1 Å². The number of aryl methyl sites for hydroxylation is 4. The topological polar surface area (TPSA) is 25.8 Å². The van der Waals surface area contributed by atoms with E-state index in [0.29, 0.717) is 11.4 Å². The van der Waals surface area contributed by atoms with E-state index in [-0.39, 0.29) is 13.0 Å². The number of rotatable bonds is 0. The molecule has 2 aromatic rings. The van der Waals surface area contributed by atoms with E-state index in [1.165, 1.54) is 18.1 Å². The molecule has 0 N–H and O–H groups in total. The number of hydrogen-bond acceptors (Lipinski definition) is 2. The van der Waals surface area contributed by atoms with Gasteiger partial charge in [0.15, 0.2) is 0 Å². The first-order valence-electron chi connectivity index (χ1n) is 6.95. The van der Waals surface area contributed by atoms with Gasteiger partial charge in [0.05, 0.1) is 5.56 Å². The second-order valence-corrected chi connectivity index (χ2v) is 5.36. The van der Waals surface area contributed by atoms with Gasteiger partial charge in [-0.1, -0.05) is 7.43 Å². The van der Waals surface area contributed by atoms with Crippen LogP contribution in [-0.4, -0.2) is 9.97 Å². The molecular formula is C18H25F3N2. The fourth-order valence-corrected chi connectivity index (χ4v) is 1.96. The molecule has 128 valence electrons. The number of alkyl halides is 3. The third-order valence-corrected chi connectivity index (χ3v) is 3.68. The Hall–Kier alpha value is -1.91. The Bertz CT molecular complexity index is 642. The molecule has 0 spiro atoms. The highest BCUT2D eigenvalue weighted by atomic mass is 19.4. The van der Waals surface area contributed by atoms with Gasteiger partial charge in [-0.25, -0.2) is 0 Å². The van der Waals surface area contributed by atoms with Crippen LogP contribution in [0.15, 0.2) is 18.3 Å². The largest absolute Gasteiger partial charge is 0.416 e. The molecule has 2 aromatic heterocycles. The van der Waals surface area contributed by atoms with Gasteiger partial charge in [-0.05, 0) is 70.4 Å². The monoisotopic (exact) mass is 326 g/mol. The van der Waals surface area contributed by atoms with Crippen LogP contribution in [0.5, 0.6) is 0 Å². The lowest BCUT2D eigenvalue weighted by Crippen LogP contribution is -2.10. The number of nitrogens with zero attached hydrogens (tertiary/aromatic N) is 2. The molecule has 2 rings (SSSR count). The smallest absolute Gasteiger partial charge is 0.261 e. The lowest BCUT2D eigenvalue weighted by atomic mass is 10.1. The van der Waals surface area contributed by atoms with E-state index in [1.54, 1.807) is 13.8 Å². The zero-order valence-corrected chi connectivity index (χ0v) is 13.8. The van der Waals surface area contributed by atoms with Crippen LogP contribution in [0.1, 0.15) is 46.8 Å². The molecule has 23 heavy (non-hydrogen) atoms. The van der Waals surface area contributed by atoms with Crippen molar-refractivity contribution in [3.8, 4) is 0 Å². The Labute approximate surface area is 136 Å². The highest BCUT2D eigenvalue weighted by molar-refractivity contribution is 5.32. The summed E-state index contributed by atoms with van der Waals surface area (Å²) in [7, 11) is 0. The zero-order valence-electron chi connectivity index (χ0n) is 13.8. The van der Waals surface area contributed by atoms with E-state index in [0.717, 1.165) is 11.8 Å². The summed E-state index contributed by atoms with van der Waals surface area (Å²) in [5.74, 6) is 0. The molecule has 2 heterocycles. The molecule has 0 aliphatic carbocycles. The average molecular weight is 326 g/mol. The quantitative estimate of drug-likeness (QED) is 0.623. The van der Waals surface area contributed by atoms with Crippen molar-refractivity contribution in [3.05, 3.63) is 57.7 Å². The van der Waals surface area contributed by atoms with E-state index in [1.807, 2.05) is 19.2 Å². The van der Waals surface area contributed by atoms with Gasteiger partial charge in [0.2, 0.25) is 0 Å². The summed E-state index contributed by atoms with van der Waals surface area (Å²) in [6.45, 7) is 10.8. The van der Waals surface area contributed by atoms with Crippen molar-refractivity contribution < 1.29 is 13.2 Å². The summed E-state index contributed by atoms with van der Waals surface area (Å²) >= 11 is 0. The molecule has 5 heteroatoms. The second kappa shape index (κ2) is 8.09. The SMILES string of the molecule is C.Cc1cc(C(F)(F)F)c(C)c(C)n1.Cc1ccnc(C)c1C. The fraction of sp³-hybridized carbons (Fsp3) is 0.444. The maximum atomic E-state index is 12.4. The van der Waals surface area contributed by atoms with Crippen molar-refractivity contribution in [1.29, 1.82) is 0 Å². The van der Waals surface area contributed by atoms with Gasteiger partial charge in [0.1, 0.15) is 0 Å². The van der Waals surface area contributed by atoms with Gasteiger partial charge in [-0.2, -0.15) is 13.2 Å². The molecule has 0 unspecified atom stereocenters. The first-order chi connectivity index (χ1) is 10.0. The van der Waals surface area contributed by atoms with E-state index in [4.69, 9.17) is 0 Å². The lowest BCUT2D eigenvalue weighted by molar-refractivity contribution is -0.138. The number of aromatic nitrogens is 2. The van der Waals surface area contributed by atoms with E-state index in [9.17, 15) is 13.2 Å². The standard InChI is InChI=1S/C9H10F3N.C8H11N.CH4/c1-5-4-8(9(10,11)12)6(2)7(3)13-5;1-6-4-5-9-8(3)7(6)2;/h4H,1-3H3;4-5H,1-3H3;1H4. The molecule has 0 amide bonds. The Kier molecular flexibility index (Phi) is 7.41. The van der Waals surface area contributed by atoms with Crippen LogP contribution in [-0.2, 0) is 6.18 Å². The zero-order chi connectivity index (χ0) is 17.1. The van der Waals surface area contributed by atoms with E-state index < -0.39 is 11.7 Å². The molecule has 0 aliphatic heterocycles. The van der Waals surface area contributed by atoms with Crippen LogP contribution >= 0.6 is 0 Å². The fourth-order valence-electron chi connectivity index (χ4n) is 1.96. The van der Waals surface area contributed by atoms with Crippen LogP contribution < -0.4 is 0 Å². The highest BCUT2D eigenvalue weighted by Crippen LogP contribution is 2.32. The summed E-state index contributed by atoms with van der Waals surface area (Å²) in [6.07, 6.45) is -2.43. The lowest BCUT2D eigenvalue weighted by Gasteiger charge is -2.12. The number of pyridine rings is 2. The Morgan fingerprint density at radius 3 is 1.87 bits per heavy atom. The van der Waals surface area contributed by atoms with Gasteiger partial charge in [0, 0.05) is 23.3 Å². The van der Waals surface area contributed by atoms with Crippen molar-refractivity contribution in [1.82, 2.24) is 9.97 Å². The van der Waals surface area contributed by atoms with Crippen LogP contribution in [0.25, 0.3) is 0 Å². The summed E-state index contributed by atoms with van der Waals surface area (Å²) in [4.78, 5) is 8.09. The first-order valence-corrected chi connectivity index (χ1v) is 6.95. The first kappa shape index (κ1) is 21.1. The van der Waals surface area contributed by atoms with Crippen molar-refractivity contribution in [2.24, 2.45) is 0 Å². The predicted molar refractivity (Wildman–Crippen MR) is 88.6 cm³/mol. The summed E-state index contributed by atoms with van der Waals surface area (Å²) in [5.41, 5.74) is 4.22. The minimum atomic E-state index is -4.28. The highest BCUT2D eigenvalue weighted by Gasteiger charge is 2.33. The normalized spacial score (nSPS) is 10.5.